The van der Waals surface area contributed by atoms with Gasteiger partial charge >= 0.3 is 0 Å². The summed E-state index contributed by atoms with van der Waals surface area (Å²) in [6.45, 7) is 2.87. The lowest BCUT2D eigenvalue weighted by Crippen LogP contribution is -2.43. The van der Waals surface area contributed by atoms with E-state index in [1.54, 1.807) is 19.1 Å². The highest BCUT2D eigenvalue weighted by molar-refractivity contribution is 5.88. The summed E-state index contributed by atoms with van der Waals surface area (Å²) in [4.78, 5) is 27.0. The molecule has 0 fully saturated rings. The van der Waals surface area contributed by atoms with E-state index >= 15 is 0 Å². The molecule has 0 aliphatic rings. The number of nitrogens with one attached hydrogen (secondary N) is 1. The van der Waals surface area contributed by atoms with Gasteiger partial charge in [0.2, 0.25) is 11.8 Å². The Hall–Kier alpha value is -2.86. The highest BCUT2D eigenvalue weighted by atomic mass is 16.5. The molecule has 0 aromatic heterocycles. The van der Waals surface area contributed by atoms with Gasteiger partial charge in [0, 0.05) is 33.7 Å². The maximum Gasteiger partial charge on any atom is 0.247 e. The average Bonchev–Trinajstić information content (AvgIpc) is 2.72. The summed E-state index contributed by atoms with van der Waals surface area (Å²) in [5.41, 5.74) is 1.69. The van der Waals surface area contributed by atoms with Crippen molar-refractivity contribution in [3.63, 3.8) is 0 Å². The Kier molecular flexibility index (Phi) is 8.49. The maximum atomic E-state index is 13.0. The third-order valence-electron chi connectivity index (χ3n) is 4.42. The molecule has 1 atom stereocenters. The Balaban J connectivity index is 2.25. The first-order valence-corrected chi connectivity index (χ1v) is 9.28. The normalized spacial score (nSPS) is 11.5. The minimum atomic E-state index is -0.705. The Bertz CT molecular complexity index is 747. The molecule has 1 N–H and O–H groups in total. The van der Waals surface area contributed by atoms with Gasteiger partial charge in [0.15, 0.2) is 0 Å². The number of nitrogens with zero attached hydrogens (tertiary/aromatic N) is 1. The molecular weight excluding hydrogens is 356 g/mol. The first-order valence-electron chi connectivity index (χ1n) is 9.28. The average molecular weight is 384 g/mol. The van der Waals surface area contributed by atoms with Gasteiger partial charge in [-0.25, -0.2) is 0 Å². The van der Waals surface area contributed by atoms with E-state index in [0.717, 1.165) is 16.9 Å². The second kappa shape index (κ2) is 11.1. The highest BCUT2D eigenvalue weighted by Crippen LogP contribution is 2.24. The third-order valence-corrected chi connectivity index (χ3v) is 4.42. The van der Waals surface area contributed by atoms with Crippen molar-refractivity contribution in [1.29, 1.82) is 0 Å². The summed E-state index contributed by atoms with van der Waals surface area (Å²) < 4.78 is 10.2. The zero-order valence-electron chi connectivity index (χ0n) is 16.7. The van der Waals surface area contributed by atoms with Crippen LogP contribution in [0.1, 0.15) is 30.5 Å². The molecule has 0 saturated carbocycles. The van der Waals surface area contributed by atoms with E-state index in [4.69, 9.17) is 9.47 Å². The Morgan fingerprint density at radius 2 is 1.71 bits per heavy atom. The second-order valence-electron chi connectivity index (χ2n) is 6.45. The molecule has 0 saturated heterocycles. The van der Waals surface area contributed by atoms with Crippen molar-refractivity contribution in [2.45, 2.75) is 25.9 Å². The first kappa shape index (κ1) is 21.4. The van der Waals surface area contributed by atoms with Crippen LogP contribution in [0.25, 0.3) is 0 Å². The number of hydrogen-bond acceptors (Lipinski definition) is 4. The topological polar surface area (TPSA) is 67.9 Å². The predicted molar refractivity (Wildman–Crippen MR) is 108 cm³/mol. The summed E-state index contributed by atoms with van der Waals surface area (Å²) in [6.07, 6.45) is 0.711. The van der Waals surface area contributed by atoms with Gasteiger partial charge in [0.1, 0.15) is 11.8 Å². The fourth-order valence-electron chi connectivity index (χ4n) is 2.95. The quantitative estimate of drug-likeness (QED) is 0.640. The van der Waals surface area contributed by atoms with Gasteiger partial charge in [-0.1, -0.05) is 42.5 Å². The zero-order chi connectivity index (χ0) is 20.4. The van der Waals surface area contributed by atoms with Crippen molar-refractivity contribution in [2.24, 2.45) is 0 Å². The molecular formula is C22H28N2O4. The van der Waals surface area contributed by atoms with Crippen LogP contribution in [-0.2, 0) is 20.9 Å². The predicted octanol–water partition coefficient (Wildman–Crippen LogP) is 2.94. The van der Waals surface area contributed by atoms with Crippen LogP contribution in [0, 0.1) is 0 Å². The van der Waals surface area contributed by atoms with Crippen molar-refractivity contribution >= 4 is 11.8 Å². The van der Waals surface area contributed by atoms with Crippen molar-refractivity contribution in [2.75, 3.05) is 27.4 Å². The summed E-state index contributed by atoms with van der Waals surface area (Å²) in [7, 11) is 3.23. The molecule has 1 unspecified atom stereocenters. The molecule has 0 aliphatic carbocycles. The lowest BCUT2D eigenvalue weighted by molar-refractivity contribution is -0.140. The van der Waals surface area contributed by atoms with Crippen LogP contribution < -0.4 is 10.1 Å². The van der Waals surface area contributed by atoms with E-state index in [1.807, 2.05) is 54.6 Å². The fourth-order valence-corrected chi connectivity index (χ4v) is 2.95. The number of benzene rings is 2. The maximum absolute atomic E-state index is 13.0. The minimum Gasteiger partial charge on any atom is -0.497 e. The lowest BCUT2D eigenvalue weighted by atomic mass is 10.0. The zero-order valence-corrected chi connectivity index (χ0v) is 16.7. The van der Waals surface area contributed by atoms with E-state index in [-0.39, 0.29) is 11.8 Å². The van der Waals surface area contributed by atoms with Crippen molar-refractivity contribution < 1.29 is 19.1 Å². The van der Waals surface area contributed by atoms with Gasteiger partial charge in [-0.05, 0) is 29.7 Å². The van der Waals surface area contributed by atoms with E-state index in [9.17, 15) is 9.59 Å². The van der Waals surface area contributed by atoms with Gasteiger partial charge < -0.3 is 19.7 Å². The molecule has 2 aromatic carbocycles. The monoisotopic (exact) mass is 384 g/mol. The number of carbonyl (C=O) groups excluding carboxylic acids is 2. The third kappa shape index (κ3) is 6.09. The standard InChI is InChI=1S/C22H28N2O4/c1-17(25)24(16-18-10-12-20(28-3)13-11-18)21(19-8-5-4-6-9-19)22(26)23-14-7-15-27-2/h4-6,8-13,21H,7,14-16H2,1-3H3,(H,23,26). The number of carbonyl (C=O) groups is 2. The van der Waals surface area contributed by atoms with Crippen LogP contribution >= 0.6 is 0 Å². The Morgan fingerprint density at radius 3 is 2.29 bits per heavy atom. The van der Waals surface area contributed by atoms with Crippen LogP contribution in [0.4, 0.5) is 0 Å². The van der Waals surface area contributed by atoms with E-state index in [0.29, 0.717) is 26.1 Å². The molecule has 2 aromatic rings. The van der Waals surface area contributed by atoms with Crippen LogP contribution in [0.2, 0.25) is 0 Å². The summed E-state index contributed by atoms with van der Waals surface area (Å²) >= 11 is 0. The fraction of sp³-hybridized carbons (Fsp3) is 0.364. The van der Waals surface area contributed by atoms with Crippen molar-refractivity contribution in [3.05, 3.63) is 65.7 Å². The van der Waals surface area contributed by atoms with Gasteiger partial charge in [0.05, 0.1) is 7.11 Å². The van der Waals surface area contributed by atoms with Crippen molar-refractivity contribution in [3.8, 4) is 5.75 Å². The Labute approximate surface area is 166 Å². The number of hydrogen-bond donors (Lipinski definition) is 1. The molecule has 2 rings (SSSR count). The van der Waals surface area contributed by atoms with Crippen LogP contribution in [0.3, 0.4) is 0 Å². The molecule has 0 heterocycles. The van der Waals surface area contributed by atoms with E-state index < -0.39 is 6.04 Å². The van der Waals surface area contributed by atoms with Crippen LogP contribution in [0.15, 0.2) is 54.6 Å². The molecule has 28 heavy (non-hydrogen) atoms. The van der Waals surface area contributed by atoms with E-state index in [1.165, 1.54) is 6.92 Å². The number of methoxy groups -OCH3 is 2. The molecule has 6 heteroatoms. The molecule has 150 valence electrons. The smallest absolute Gasteiger partial charge is 0.247 e. The first-order chi connectivity index (χ1) is 13.6. The molecule has 0 bridgehead atoms. The number of rotatable bonds is 10. The molecule has 2 amide bonds. The van der Waals surface area contributed by atoms with Gasteiger partial charge in [-0.2, -0.15) is 0 Å². The molecule has 0 spiro atoms. The largest absolute Gasteiger partial charge is 0.497 e. The van der Waals surface area contributed by atoms with Gasteiger partial charge in [0.25, 0.3) is 0 Å². The SMILES string of the molecule is COCCCNC(=O)C(c1ccccc1)N(Cc1ccc(OC)cc1)C(C)=O. The molecule has 0 radical (unpaired) electrons. The number of amides is 2. The van der Waals surface area contributed by atoms with Gasteiger partial charge in [-0.15, -0.1) is 0 Å². The number of ether oxygens (including phenoxy) is 2. The van der Waals surface area contributed by atoms with Gasteiger partial charge in [-0.3, -0.25) is 9.59 Å². The minimum absolute atomic E-state index is 0.170. The summed E-state index contributed by atoms with van der Waals surface area (Å²) in [5, 5.41) is 2.92. The highest BCUT2D eigenvalue weighted by Gasteiger charge is 2.29. The summed E-state index contributed by atoms with van der Waals surface area (Å²) in [5.74, 6) is 0.372. The molecule has 0 aliphatic heterocycles. The lowest BCUT2D eigenvalue weighted by Gasteiger charge is -2.30. The van der Waals surface area contributed by atoms with Crippen LogP contribution in [0.5, 0.6) is 5.75 Å². The molecule has 6 nitrogen and oxygen atoms in total. The van der Waals surface area contributed by atoms with E-state index in [2.05, 4.69) is 5.32 Å². The van der Waals surface area contributed by atoms with Crippen LogP contribution in [-0.4, -0.2) is 44.1 Å². The Morgan fingerprint density at radius 1 is 1.04 bits per heavy atom. The summed E-state index contributed by atoms with van der Waals surface area (Å²) in [6, 6.07) is 16.1. The van der Waals surface area contributed by atoms with Crippen molar-refractivity contribution in [1.82, 2.24) is 10.2 Å². The second-order valence-corrected chi connectivity index (χ2v) is 6.45.